The van der Waals surface area contributed by atoms with Crippen molar-refractivity contribution in [3.05, 3.63) is 12.1 Å². The van der Waals surface area contributed by atoms with Crippen molar-refractivity contribution < 1.29 is 4.74 Å². The van der Waals surface area contributed by atoms with Crippen LogP contribution in [0, 0.1) is 17.2 Å². The van der Waals surface area contributed by atoms with Crippen LogP contribution >= 0.6 is 0 Å². The van der Waals surface area contributed by atoms with E-state index < -0.39 is 0 Å². The molecule has 110 valence electrons. The number of rotatable bonds is 5. The summed E-state index contributed by atoms with van der Waals surface area (Å²) in [6, 6.07) is 5.89. The summed E-state index contributed by atoms with van der Waals surface area (Å²) in [7, 11) is 0. The minimum Gasteiger partial charge on any atom is -0.470 e. The molecule has 0 saturated heterocycles. The standard InChI is InChI=1S/C15H24N4O/c1-6-19(10-11(2)9-16)13-8-7-12(17)14(18-13)20-15(3,4)5/h7-8,11H,6,10,17H2,1-5H3. The summed E-state index contributed by atoms with van der Waals surface area (Å²) in [6.07, 6.45) is 0. The molecule has 5 nitrogen and oxygen atoms in total. The van der Waals surface area contributed by atoms with Crippen LogP contribution < -0.4 is 15.4 Å². The number of hydrogen-bond acceptors (Lipinski definition) is 5. The summed E-state index contributed by atoms with van der Waals surface area (Å²) in [4.78, 5) is 6.53. The Morgan fingerprint density at radius 3 is 2.60 bits per heavy atom. The van der Waals surface area contributed by atoms with Gasteiger partial charge >= 0.3 is 0 Å². The van der Waals surface area contributed by atoms with Gasteiger partial charge in [-0.15, -0.1) is 0 Å². The van der Waals surface area contributed by atoms with Gasteiger partial charge in [-0.1, -0.05) is 0 Å². The van der Waals surface area contributed by atoms with Crippen LogP contribution in [0.3, 0.4) is 0 Å². The fourth-order valence-corrected chi connectivity index (χ4v) is 1.75. The van der Waals surface area contributed by atoms with E-state index >= 15 is 0 Å². The van der Waals surface area contributed by atoms with Gasteiger partial charge in [0.25, 0.3) is 0 Å². The van der Waals surface area contributed by atoms with Gasteiger partial charge in [0.05, 0.1) is 17.7 Å². The lowest BCUT2D eigenvalue weighted by molar-refractivity contribution is 0.125. The molecular formula is C15H24N4O. The third-order valence-electron chi connectivity index (χ3n) is 2.70. The fourth-order valence-electron chi connectivity index (χ4n) is 1.75. The lowest BCUT2D eigenvalue weighted by Gasteiger charge is -2.26. The monoisotopic (exact) mass is 276 g/mol. The number of nitrogens with two attached hydrogens (primary N) is 1. The molecule has 0 saturated carbocycles. The number of hydrogen-bond donors (Lipinski definition) is 1. The van der Waals surface area contributed by atoms with Gasteiger partial charge in [-0.25, -0.2) is 0 Å². The lowest BCUT2D eigenvalue weighted by Crippen LogP contribution is -2.29. The van der Waals surface area contributed by atoms with Gasteiger partial charge in [0.1, 0.15) is 11.4 Å². The molecule has 1 atom stereocenters. The maximum atomic E-state index is 8.94. The van der Waals surface area contributed by atoms with Crippen molar-refractivity contribution in [2.24, 2.45) is 5.92 Å². The molecule has 0 fully saturated rings. The van der Waals surface area contributed by atoms with Gasteiger partial charge in [0.2, 0.25) is 5.88 Å². The highest BCUT2D eigenvalue weighted by Crippen LogP contribution is 2.26. The van der Waals surface area contributed by atoms with Gasteiger partial charge in [-0.3, -0.25) is 0 Å². The first-order chi connectivity index (χ1) is 9.26. The first-order valence-electron chi connectivity index (χ1n) is 6.87. The summed E-state index contributed by atoms with van der Waals surface area (Å²) < 4.78 is 5.77. The third kappa shape index (κ3) is 4.61. The topological polar surface area (TPSA) is 75.2 Å². The van der Waals surface area contributed by atoms with Gasteiger partial charge in [-0.05, 0) is 46.8 Å². The molecule has 0 aromatic carbocycles. The van der Waals surface area contributed by atoms with E-state index in [1.54, 1.807) is 6.07 Å². The average Bonchev–Trinajstić information content (AvgIpc) is 2.36. The van der Waals surface area contributed by atoms with Crippen LogP contribution in [-0.4, -0.2) is 23.7 Å². The normalized spacial score (nSPS) is 12.6. The summed E-state index contributed by atoms with van der Waals surface area (Å²) in [6.45, 7) is 11.2. The molecule has 0 bridgehead atoms. The summed E-state index contributed by atoms with van der Waals surface area (Å²) >= 11 is 0. The zero-order chi connectivity index (χ0) is 15.3. The predicted octanol–water partition coefficient (Wildman–Crippen LogP) is 2.83. The van der Waals surface area contributed by atoms with Gasteiger partial charge in [-0.2, -0.15) is 10.2 Å². The van der Waals surface area contributed by atoms with E-state index in [0.29, 0.717) is 18.1 Å². The van der Waals surface area contributed by atoms with Crippen molar-refractivity contribution in [2.75, 3.05) is 23.7 Å². The van der Waals surface area contributed by atoms with E-state index in [0.717, 1.165) is 12.4 Å². The number of ether oxygens (including phenoxy) is 1. The minimum absolute atomic E-state index is 0.0544. The second-order valence-electron chi connectivity index (χ2n) is 5.85. The van der Waals surface area contributed by atoms with Crippen LogP contribution in [0.4, 0.5) is 11.5 Å². The molecule has 0 aliphatic rings. The third-order valence-corrected chi connectivity index (χ3v) is 2.70. The van der Waals surface area contributed by atoms with E-state index in [9.17, 15) is 0 Å². The van der Waals surface area contributed by atoms with E-state index in [-0.39, 0.29) is 11.5 Å². The van der Waals surface area contributed by atoms with Crippen molar-refractivity contribution in [1.29, 1.82) is 5.26 Å². The molecule has 1 aromatic heterocycles. The van der Waals surface area contributed by atoms with Gasteiger partial charge in [0, 0.05) is 13.1 Å². The van der Waals surface area contributed by atoms with Crippen LogP contribution in [0.25, 0.3) is 0 Å². The molecule has 1 rings (SSSR count). The average molecular weight is 276 g/mol. The van der Waals surface area contributed by atoms with Crippen LogP contribution in [0.2, 0.25) is 0 Å². The molecule has 1 heterocycles. The smallest absolute Gasteiger partial charge is 0.239 e. The highest BCUT2D eigenvalue weighted by atomic mass is 16.5. The molecule has 0 aliphatic carbocycles. The van der Waals surface area contributed by atoms with Crippen molar-refractivity contribution in [2.45, 2.75) is 40.2 Å². The number of nitriles is 1. The highest BCUT2D eigenvalue weighted by Gasteiger charge is 2.17. The highest BCUT2D eigenvalue weighted by molar-refractivity contribution is 5.54. The Labute approximate surface area is 121 Å². The fraction of sp³-hybridized carbons (Fsp3) is 0.600. The van der Waals surface area contributed by atoms with Crippen LogP contribution in [0.1, 0.15) is 34.6 Å². The number of anilines is 2. The molecule has 1 aromatic rings. The first-order valence-corrected chi connectivity index (χ1v) is 6.87. The van der Waals surface area contributed by atoms with Gasteiger partial charge < -0.3 is 15.4 Å². The second-order valence-corrected chi connectivity index (χ2v) is 5.85. The molecule has 2 N–H and O–H groups in total. The first kappa shape index (κ1) is 16.1. The zero-order valence-electron chi connectivity index (χ0n) is 13.0. The van der Waals surface area contributed by atoms with Crippen molar-refractivity contribution in [3.8, 4) is 11.9 Å². The molecule has 5 heteroatoms. The van der Waals surface area contributed by atoms with Gasteiger partial charge in [0.15, 0.2) is 0 Å². The SMILES string of the molecule is CCN(CC(C)C#N)c1ccc(N)c(OC(C)(C)C)n1. The Morgan fingerprint density at radius 1 is 1.45 bits per heavy atom. The second kappa shape index (κ2) is 6.47. The van der Waals surface area contributed by atoms with Crippen molar-refractivity contribution in [3.63, 3.8) is 0 Å². The van der Waals surface area contributed by atoms with Crippen molar-refractivity contribution >= 4 is 11.5 Å². The van der Waals surface area contributed by atoms with E-state index in [4.69, 9.17) is 15.7 Å². The Balaban J connectivity index is 3.01. The van der Waals surface area contributed by atoms with Crippen LogP contribution in [0.5, 0.6) is 5.88 Å². The Bertz CT molecular complexity index is 488. The number of pyridine rings is 1. The number of nitrogen functional groups attached to an aromatic ring is 1. The predicted molar refractivity (Wildman–Crippen MR) is 81.7 cm³/mol. The zero-order valence-corrected chi connectivity index (χ0v) is 13.0. The molecular weight excluding hydrogens is 252 g/mol. The quantitative estimate of drug-likeness (QED) is 0.895. The number of aromatic nitrogens is 1. The Kier molecular flexibility index (Phi) is 5.20. The Morgan fingerprint density at radius 2 is 2.10 bits per heavy atom. The van der Waals surface area contributed by atoms with E-state index in [1.165, 1.54) is 0 Å². The summed E-state index contributed by atoms with van der Waals surface area (Å²) in [5.74, 6) is 1.17. The van der Waals surface area contributed by atoms with Crippen LogP contribution in [0.15, 0.2) is 12.1 Å². The molecule has 0 aliphatic heterocycles. The van der Waals surface area contributed by atoms with E-state index in [1.807, 2.05) is 45.6 Å². The van der Waals surface area contributed by atoms with Crippen LogP contribution in [-0.2, 0) is 0 Å². The van der Waals surface area contributed by atoms with E-state index in [2.05, 4.69) is 11.1 Å². The largest absolute Gasteiger partial charge is 0.470 e. The molecule has 1 unspecified atom stereocenters. The molecule has 20 heavy (non-hydrogen) atoms. The summed E-state index contributed by atoms with van der Waals surface area (Å²) in [5, 5.41) is 8.94. The lowest BCUT2D eigenvalue weighted by atomic mass is 10.2. The molecule has 0 radical (unpaired) electrons. The summed E-state index contributed by atoms with van der Waals surface area (Å²) in [5.41, 5.74) is 6.08. The Hall–Kier alpha value is -1.96. The minimum atomic E-state index is -0.350. The maximum Gasteiger partial charge on any atom is 0.239 e. The van der Waals surface area contributed by atoms with Crippen molar-refractivity contribution in [1.82, 2.24) is 4.98 Å². The molecule has 0 spiro atoms. The number of nitrogens with zero attached hydrogens (tertiary/aromatic N) is 3. The maximum absolute atomic E-state index is 8.94. The molecule has 0 amide bonds.